The molecule has 0 aliphatic rings. The second-order valence-electron chi connectivity index (χ2n) is 4.03. The molecular weight excluding hydrogens is 308 g/mol. The largest absolute Gasteiger partial charge is 0.497 e. The molecule has 0 aliphatic heterocycles. The number of aliphatic hydroxyl groups excluding tert-OH is 1. The Kier molecular flexibility index (Phi) is 4.45. The highest BCUT2D eigenvalue weighted by atomic mass is 79.9. The molecule has 0 spiro atoms. The van der Waals surface area contributed by atoms with Gasteiger partial charge in [-0.1, -0.05) is 34.1 Å². The normalized spacial score (nSPS) is 12.0. The van der Waals surface area contributed by atoms with Crippen LogP contribution >= 0.6 is 15.9 Å². The Balaban J connectivity index is 2.48. The summed E-state index contributed by atoms with van der Waals surface area (Å²) in [4.78, 5) is 0. The lowest BCUT2D eigenvalue weighted by Gasteiger charge is -2.17. The molecule has 0 amide bonds. The highest BCUT2D eigenvalue weighted by Crippen LogP contribution is 2.35. The number of hydrogen-bond acceptors (Lipinski definition) is 3. The molecule has 0 bridgehead atoms. The first-order chi connectivity index (χ1) is 9.17. The lowest BCUT2D eigenvalue weighted by atomic mass is 10.0. The Hall–Kier alpha value is -1.52. The predicted octanol–water partition coefficient (Wildman–Crippen LogP) is 3.55. The van der Waals surface area contributed by atoms with E-state index in [2.05, 4.69) is 15.9 Å². The van der Waals surface area contributed by atoms with Crippen molar-refractivity contribution < 1.29 is 14.6 Å². The summed E-state index contributed by atoms with van der Waals surface area (Å²) in [5, 5.41) is 10.5. The fourth-order valence-corrected chi connectivity index (χ4v) is 2.42. The Morgan fingerprint density at radius 3 is 2.37 bits per heavy atom. The molecule has 0 fully saturated rings. The number of benzene rings is 2. The highest BCUT2D eigenvalue weighted by molar-refractivity contribution is 9.10. The molecule has 0 heterocycles. The van der Waals surface area contributed by atoms with Crippen molar-refractivity contribution >= 4 is 15.9 Å². The summed E-state index contributed by atoms with van der Waals surface area (Å²) in [5.41, 5.74) is 1.46. The fourth-order valence-electron chi connectivity index (χ4n) is 1.92. The molecule has 0 aliphatic carbocycles. The van der Waals surface area contributed by atoms with Crippen LogP contribution in [0.4, 0.5) is 0 Å². The minimum Gasteiger partial charge on any atom is -0.497 e. The van der Waals surface area contributed by atoms with Crippen molar-refractivity contribution in [2.45, 2.75) is 6.10 Å². The summed E-state index contributed by atoms with van der Waals surface area (Å²) >= 11 is 3.44. The van der Waals surface area contributed by atoms with Crippen LogP contribution < -0.4 is 9.47 Å². The zero-order valence-corrected chi connectivity index (χ0v) is 12.3. The van der Waals surface area contributed by atoms with Crippen LogP contribution in [0.25, 0.3) is 0 Å². The van der Waals surface area contributed by atoms with E-state index in [0.29, 0.717) is 17.1 Å². The van der Waals surface area contributed by atoms with E-state index in [4.69, 9.17) is 9.47 Å². The van der Waals surface area contributed by atoms with Crippen molar-refractivity contribution in [3.8, 4) is 11.5 Å². The van der Waals surface area contributed by atoms with Crippen molar-refractivity contribution in [3.63, 3.8) is 0 Å². The number of hydrogen-bond donors (Lipinski definition) is 1. The molecule has 100 valence electrons. The average molecular weight is 323 g/mol. The minimum absolute atomic E-state index is 0.629. The monoisotopic (exact) mass is 322 g/mol. The Morgan fingerprint density at radius 1 is 1.00 bits per heavy atom. The third-order valence-corrected chi connectivity index (χ3v) is 3.65. The van der Waals surface area contributed by atoms with E-state index < -0.39 is 6.10 Å². The van der Waals surface area contributed by atoms with Crippen molar-refractivity contribution in [1.82, 2.24) is 0 Å². The molecule has 1 atom stereocenters. The van der Waals surface area contributed by atoms with Crippen LogP contribution in [0, 0.1) is 0 Å². The van der Waals surface area contributed by atoms with Gasteiger partial charge >= 0.3 is 0 Å². The minimum atomic E-state index is -0.777. The van der Waals surface area contributed by atoms with Gasteiger partial charge in [-0.25, -0.2) is 0 Å². The summed E-state index contributed by atoms with van der Waals surface area (Å²) in [6.45, 7) is 0. The molecular formula is C15H15BrO3. The van der Waals surface area contributed by atoms with Crippen LogP contribution in [0.1, 0.15) is 17.2 Å². The quantitative estimate of drug-likeness (QED) is 0.935. The van der Waals surface area contributed by atoms with E-state index in [1.165, 1.54) is 0 Å². The van der Waals surface area contributed by atoms with Crippen LogP contribution in [-0.2, 0) is 0 Å². The van der Waals surface area contributed by atoms with Crippen molar-refractivity contribution in [2.75, 3.05) is 14.2 Å². The van der Waals surface area contributed by atoms with Gasteiger partial charge in [0.2, 0.25) is 0 Å². The smallest absolute Gasteiger partial charge is 0.125 e. The summed E-state index contributed by atoms with van der Waals surface area (Å²) in [5.74, 6) is 1.31. The Labute approximate surface area is 120 Å². The van der Waals surface area contributed by atoms with Gasteiger partial charge in [-0.15, -0.1) is 0 Å². The SMILES string of the molecule is COc1ccc(OC)c([C@@H](O)c2ccccc2Br)c1. The van der Waals surface area contributed by atoms with E-state index in [-0.39, 0.29) is 0 Å². The maximum atomic E-state index is 10.5. The maximum absolute atomic E-state index is 10.5. The van der Waals surface area contributed by atoms with E-state index in [1.54, 1.807) is 32.4 Å². The topological polar surface area (TPSA) is 38.7 Å². The van der Waals surface area contributed by atoms with Gasteiger partial charge in [0, 0.05) is 10.0 Å². The van der Waals surface area contributed by atoms with Crippen molar-refractivity contribution in [2.24, 2.45) is 0 Å². The molecule has 3 nitrogen and oxygen atoms in total. The van der Waals surface area contributed by atoms with Gasteiger partial charge in [0.05, 0.1) is 14.2 Å². The van der Waals surface area contributed by atoms with Gasteiger partial charge in [-0.2, -0.15) is 0 Å². The second kappa shape index (κ2) is 6.08. The van der Waals surface area contributed by atoms with E-state index in [1.807, 2.05) is 24.3 Å². The lowest BCUT2D eigenvalue weighted by Crippen LogP contribution is -2.03. The van der Waals surface area contributed by atoms with Crippen LogP contribution in [0.5, 0.6) is 11.5 Å². The van der Waals surface area contributed by atoms with Gasteiger partial charge < -0.3 is 14.6 Å². The Bertz CT molecular complexity index is 569. The molecule has 0 radical (unpaired) electrons. The summed E-state index contributed by atoms with van der Waals surface area (Å²) in [7, 11) is 3.18. The highest BCUT2D eigenvalue weighted by Gasteiger charge is 2.18. The number of methoxy groups -OCH3 is 2. The van der Waals surface area contributed by atoms with Crippen LogP contribution in [0.15, 0.2) is 46.9 Å². The number of halogens is 1. The molecule has 2 rings (SSSR count). The third kappa shape index (κ3) is 2.91. The van der Waals surface area contributed by atoms with E-state index in [0.717, 1.165) is 10.0 Å². The number of aliphatic hydroxyl groups is 1. The Morgan fingerprint density at radius 2 is 1.74 bits per heavy atom. The molecule has 0 aromatic heterocycles. The van der Waals surface area contributed by atoms with Crippen LogP contribution in [-0.4, -0.2) is 19.3 Å². The summed E-state index contributed by atoms with van der Waals surface area (Å²) in [6.07, 6.45) is -0.777. The number of ether oxygens (including phenoxy) is 2. The van der Waals surface area contributed by atoms with Gasteiger partial charge in [0.15, 0.2) is 0 Å². The molecule has 4 heteroatoms. The maximum Gasteiger partial charge on any atom is 0.125 e. The van der Waals surface area contributed by atoms with Crippen LogP contribution in [0.2, 0.25) is 0 Å². The predicted molar refractivity (Wildman–Crippen MR) is 77.7 cm³/mol. The molecule has 0 saturated heterocycles. The number of rotatable bonds is 4. The molecule has 0 saturated carbocycles. The molecule has 2 aromatic rings. The second-order valence-corrected chi connectivity index (χ2v) is 4.89. The molecule has 2 aromatic carbocycles. The zero-order valence-electron chi connectivity index (χ0n) is 10.8. The van der Waals surface area contributed by atoms with Gasteiger partial charge in [-0.3, -0.25) is 0 Å². The first kappa shape index (κ1) is 13.9. The van der Waals surface area contributed by atoms with Gasteiger partial charge in [-0.05, 0) is 29.8 Å². The van der Waals surface area contributed by atoms with Crippen LogP contribution in [0.3, 0.4) is 0 Å². The fraction of sp³-hybridized carbons (Fsp3) is 0.200. The van der Waals surface area contributed by atoms with Crippen molar-refractivity contribution in [3.05, 3.63) is 58.1 Å². The standard InChI is InChI=1S/C15H15BrO3/c1-18-10-7-8-14(19-2)12(9-10)15(17)11-5-3-4-6-13(11)16/h3-9,15,17H,1-2H3/t15-/m0/s1. The zero-order chi connectivity index (χ0) is 13.8. The average Bonchev–Trinajstić information content (AvgIpc) is 2.46. The van der Waals surface area contributed by atoms with E-state index in [9.17, 15) is 5.11 Å². The summed E-state index contributed by atoms with van der Waals surface area (Å²) in [6, 6.07) is 12.9. The first-order valence-corrected chi connectivity index (χ1v) is 6.61. The summed E-state index contributed by atoms with van der Waals surface area (Å²) < 4.78 is 11.3. The lowest BCUT2D eigenvalue weighted by molar-refractivity contribution is 0.213. The molecule has 1 N–H and O–H groups in total. The molecule has 19 heavy (non-hydrogen) atoms. The van der Waals surface area contributed by atoms with E-state index >= 15 is 0 Å². The van der Waals surface area contributed by atoms with Crippen molar-refractivity contribution in [1.29, 1.82) is 0 Å². The first-order valence-electron chi connectivity index (χ1n) is 5.81. The third-order valence-electron chi connectivity index (χ3n) is 2.93. The molecule has 0 unspecified atom stereocenters. The van der Waals surface area contributed by atoms with Gasteiger partial charge in [0.25, 0.3) is 0 Å². The van der Waals surface area contributed by atoms with Gasteiger partial charge in [0.1, 0.15) is 17.6 Å².